The average molecular weight is 366 g/mol. The van der Waals surface area contributed by atoms with Crippen molar-refractivity contribution in [3.8, 4) is 0 Å². The van der Waals surface area contributed by atoms with E-state index in [-0.39, 0.29) is 11.5 Å². The molecule has 0 aliphatic rings. The molecule has 1 aromatic heterocycles. The third kappa shape index (κ3) is 4.94. The van der Waals surface area contributed by atoms with Crippen molar-refractivity contribution >= 4 is 40.7 Å². The Morgan fingerprint density at radius 2 is 1.75 bits per heavy atom. The lowest BCUT2D eigenvalue weighted by molar-refractivity contribution is 0.0948. The first-order chi connectivity index (χ1) is 11.4. The number of benzene rings is 1. The van der Waals surface area contributed by atoms with Crippen LogP contribution in [0.3, 0.4) is 0 Å². The van der Waals surface area contributed by atoms with Gasteiger partial charge in [-0.1, -0.05) is 37.0 Å². The largest absolute Gasteiger partial charge is 0.352 e. The number of halogens is 2. The zero-order chi connectivity index (χ0) is 17.7. The van der Waals surface area contributed by atoms with Gasteiger partial charge in [-0.25, -0.2) is 0 Å². The van der Waals surface area contributed by atoms with Gasteiger partial charge in [0.05, 0.1) is 21.8 Å². The van der Waals surface area contributed by atoms with Crippen molar-refractivity contribution in [2.24, 2.45) is 5.92 Å². The summed E-state index contributed by atoms with van der Waals surface area (Å²) in [4.78, 5) is 28.3. The van der Waals surface area contributed by atoms with Crippen LogP contribution in [-0.2, 0) is 0 Å². The second-order valence-corrected chi connectivity index (χ2v) is 6.49. The molecule has 0 unspecified atom stereocenters. The molecule has 126 valence electrons. The average Bonchev–Trinajstić information content (AvgIpc) is 2.56. The van der Waals surface area contributed by atoms with E-state index in [9.17, 15) is 9.59 Å². The van der Waals surface area contributed by atoms with Gasteiger partial charge in [0.2, 0.25) is 0 Å². The fourth-order valence-electron chi connectivity index (χ4n) is 1.87. The SMILES string of the molecule is CC(C)CNC(=O)c1cncc(C(=O)Nc2cc(Cl)ccc2Cl)c1. The molecular weight excluding hydrogens is 349 g/mol. The van der Waals surface area contributed by atoms with E-state index in [2.05, 4.69) is 15.6 Å². The quantitative estimate of drug-likeness (QED) is 0.840. The molecule has 0 fully saturated rings. The van der Waals surface area contributed by atoms with Gasteiger partial charge >= 0.3 is 0 Å². The molecule has 1 aromatic carbocycles. The standard InChI is InChI=1S/C17H17Cl2N3O2/c1-10(2)7-21-16(23)11-5-12(9-20-8-11)17(24)22-15-6-13(18)3-4-14(15)19/h3-6,8-10H,7H2,1-2H3,(H,21,23)(H,22,24). The van der Waals surface area contributed by atoms with Gasteiger partial charge in [-0.05, 0) is 30.2 Å². The predicted octanol–water partition coefficient (Wildman–Crippen LogP) is 4.03. The number of aromatic nitrogens is 1. The molecule has 24 heavy (non-hydrogen) atoms. The first-order valence-corrected chi connectivity index (χ1v) is 8.12. The number of carbonyl (C=O) groups is 2. The van der Waals surface area contributed by atoms with Gasteiger partial charge < -0.3 is 10.6 Å². The molecule has 0 bridgehead atoms. The summed E-state index contributed by atoms with van der Waals surface area (Å²) in [6.45, 7) is 4.54. The van der Waals surface area contributed by atoms with Crippen LogP contribution in [0.4, 0.5) is 5.69 Å². The highest BCUT2D eigenvalue weighted by atomic mass is 35.5. The molecule has 2 amide bonds. The van der Waals surface area contributed by atoms with E-state index in [0.717, 1.165) is 0 Å². The van der Waals surface area contributed by atoms with Gasteiger partial charge in [-0.15, -0.1) is 0 Å². The monoisotopic (exact) mass is 365 g/mol. The van der Waals surface area contributed by atoms with Gasteiger partial charge in [-0.3, -0.25) is 14.6 Å². The maximum Gasteiger partial charge on any atom is 0.257 e. The molecule has 2 aromatic rings. The molecule has 2 rings (SSSR count). The van der Waals surface area contributed by atoms with E-state index >= 15 is 0 Å². The van der Waals surface area contributed by atoms with Crippen molar-refractivity contribution in [3.05, 3.63) is 57.8 Å². The van der Waals surface area contributed by atoms with Crippen LogP contribution in [0.5, 0.6) is 0 Å². The maximum absolute atomic E-state index is 12.3. The minimum Gasteiger partial charge on any atom is -0.352 e. The lowest BCUT2D eigenvalue weighted by Gasteiger charge is -2.10. The molecular formula is C17H17Cl2N3O2. The zero-order valence-electron chi connectivity index (χ0n) is 13.3. The van der Waals surface area contributed by atoms with Gasteiger partial charge in [0, 0.05) is 24.0 Å². The fourth-order valence-corrected chi connectivity index (χ4v) is 2.21. The third-order valence-corrected chi connectivity index (χ3v) is 3.67. The zero-order valence-corrected chi connectivity index (χ0v) is 14.8. The Labute approximate surface area is 150 Å². The lowest BCUT2D eigenvalue weighted by atomic mass is 10.1. The predicted molar refractivity (Wildman–Crippen MR) is 95.8 cm³/mol. The Hall–Kier alpha value is -2.11. The second kappa shape index (κ2) is 8.13. The van der Waals surface area contributed by atoms with Crippen LogP contribution < -0.4 is 10.6 Å². The molecule has 0 atom stereocenters. The van der Waals surface area contributed by atoms with E-state index in [1.165, 1.54) is 18.5 Å². The Balaban J connectivity index is 2.14. The van der Waals surface area contributed by atoms with E-state index in [1.54, 1.807) is 18.2 Å². The number of nitrogens with zero attached hydrogens (tertiary/aromatic N) is 1. The van der Waals surface area contributed by atoms with Crippen LogP contribution in [0.15, 0.2) is 36.7 Å². The van der Waals surface area contributed by atoms with Gasteiger partial charge in [0.15, 0.2) is 0 Å². The fraction of sp³-hybridized carbons (Fsp3) is 0.235. The summed E-state index contributed by atoms with van der Waals surface area (Å²) in [5.41, 5.74) is 0.965. The summed E-state index contributed by atoms with van der Waals surface area (Å²) in [7, 11) is 0. The number of pyridine rings is 1. The van der Waals surface area contributed by atoms with Crippen LogP contribution in [0.2, 0.25) is 10.0 Å². The van der Waals surface area contributed by atoms with Crippen molar-refractivity contribution in [3.63, 3.8) is 0 Å². The van der Waals surface area contributed by atoms with E-state index in [4.69, 9.17) is 23.2 Å². The molecule has 5 nitrogen and oxygen atoms in total. The second-order valence-electron chi connectivity index (χ2n) is 5.64. The van der Waals surface area contributed by atoms with Gasteiger partial charge in [-0.2, -0.15) is 0 Å². The number of hydrogen-bond donors (Lipinski definition) is 2. The van der Waals surface area contributed by atoms with Crippen LogP contribution in [0, 0.1) is 5.92 Å². The number of rotatable bonds is 5. The number of carbonyl (C=O) groups excluding carboxylic acids is 2. The van der Waals surface area contributed by atoms with Crippen molar-refractivity contribution < 1.29 is 9.59 Å². The highest BCUT2D eigenvalue weighted by Crippen LogP contribution is 2.25. The van der Waals surface area contributed by atoms with Crippen molar-refractivity contribution in [1.82, 2.24) is 10.3 Å². The first kappa shape index (κ1) is 18.2. The summed E-state index contributed by atoms with van der Waals surface area (Å²) in [5, 5.41) is 6.26. The van der Waals surface area contributed by atoms with Crippen LogP contribution in [-0.4, -0.2) is 23.3 Å². The topological polar surface area (TPSA) is 71.1 Å². The summed E-state index contributed by atoms with van der Waals surface area (Å²) in [5.74, 6) is -0.366. The summed E-state index contributed by atoms with van der Waals surface area (Å²) < 4.78 is 0. The molecule has 2 N–H and O–H groups in total. The molecule has 7 heteroatoms. The van der Waals surface area contributed by atoms with Crippen molar-refractivity contribution in [1.29, 1.82) is 0 Å². The van der Waals surface area contributed by atoms with Crippen molar-refractivity contribution in [2.75, 3.05) is 11.9 Å². The minimum atomic E-state index is -0.426. The Bertz CT molecular complexity index is 763. The summed E-state index contributed by atoms with van der Waals surface area (Å²) in [6, 6.07) is 6.25. The van der Waals surface area contributed by atoms with E-state index < -0.39 is 5.91 Å². The number of hydrogen-bond acceptors (Lipinski definition) is 3. The van der Waals surface area contributed by atoms with E-state index in [1.807, 2.05) is 13.8 Å². The minimum absolute atomic E-state index is 0.253. The first-order valence-electron chi connectivity index (χ1n) is 7.36. The van der Waals surface area contributed by atoms with Crippen LogP contribution in [0.1, 0.15) is 34.6 Å². The number of amides is 2. The highest BCUT2D eigenvalue weighted by molar-refractivity contribution is 6.35. The summed E-state index contributed by atoms with van der Waals surface area (Å²) >= 11 is 11.9. The lowest BCUT2D eigenvalue weighted by Crippen LogP contribution is -2.27. The Morgan fingerprint density at radius 3 is 2.42 bits per heavy atom. The van der Waals surface area contributed by atoms with Gasteiger partial charge in [0.25, 0.3) is 11.8 Å². The Kier molecular flexibility index (Phi) is 6.17. The number of anilines is 1. The molecule has 0 saturated carbocycles. The maximum atomic E-state index is 12.3. The molecule has 0 aliphatic carbocycles. The molecule has 0 saturated heterocycles. The van der Waals surface area contributed by atoms with Crippen LogP contribution in [0.25, 0.3) is 0 Å². The van der Waals surface area contributed by atoms with Crippen molar-refractivity contribution in [2.45, 2.75) is 13.8 Å². The summed E-state index contributed by atoms with van der Waals surface area (Å²) in [6.07, 6.45) is 2.80. The van der Waals surface area contributed by atoms with Gasteiger partial charge in [0.1, 0.15) is 0 Å². The normalized spacial score (nSPS) is 10.5. The smallest absolute Gasteiger partial charge is 0.257 e. The Morgan fingerprint density at radius 1 is 1.08 bits per heavy atom. The highest BCUT2D eigenvalue weighted by Gasteiger charge is 2.13. The molecule has 1 heterocycles. The van der Waals surface area contributed by atoms with E-state index in [0.29, 0.717) is 33.8 Å². The van der Waals surface area contributed by atoms with Crippen LogP contribution >= 0.6 is 23.2 Å². The molecule has 0 aliphatic heterocycles. The molecule has 0 radical (unpaired) electrons. The number of nitrogens with one attached hydrogen (secondary N) is 2. The third-order valence-electron chi connectivity index (χ3n) is 3.11. The molecule has 0 spiro atoms.